The largest absolute Gasteiger partial charge is 0.445 e. The number of rotatable bonds is 1. The summed E-state index contributed by atoms with van der Waals surface area (Å²) in [6, 6.07) is 4.26. The molecule has 82 valence electrons. The highest BCUT2D eigenvalue weighted by atomic mass is 35.5. The Bertz CT molecular complexity index is 376. The summed E-state index contributed by atoms with van der Waals surface area (Å²) in [7, 11) is 0. The lowest BCUT2D eigenvalue weighted by Crippen LogP contribution is -2.09. The zero-order valence-corrected chi connectivity index (χ0v) is 7.83. The van der Waals surface area contributed by atoms with Crippen LogP contribution in [0.2, 0.25) is 5.02 Å². The fourth-order valence-corrected chi connectivity index (χ4v) is 0.973. The molecule has 1 aromatic rings. The van der Waals surface area contributed by atoms with Crippen molar-refractivity contribution in [1.29, 1.82) is 0 Å². The highest BCUT2D eigenvalue weighted by Gasteiger charge is 2.38. The van der Waals surface area contributed by atoms with Gasteiger partial charge in [-0.3, -0.25) is 0 Å². The lowest BCUT2D eigenvalue weighted by molar-refractivity contribution is -0.108. The van der Waals surface area contributed by atoms with Crippen molar-refractivity contribution < 1.29 is 22.0 Å². The molecule has 1 rings (SSSR count). The number of hydrogen-bond acceptors (Lipinski definition) is 0. The van der Waals surface area contributed by atoms with E-state index in [9.17, 15) is 22.0 Å². The molecule has 6 heteroatoms. The Labute approximate surface area is 87.0 Å². The molecular formula is C9H4ClF5. The highest BCUT2D eigenvalue weighted by Crippen LogP contribution is 2.34. The Hall–Kier alpha value is -1.10. The van der Waals surface area contributed by atoms with Crippen molar-refractivity contribution in [3.8, 4) is 0 Å². The molecule has 0 saturated carbocycles. The number of halogens is 6. The number of hydrogen-bond donors (Lipinski definition) is 0. The number of benzene rings is 1. The summed E-state index contributed by atoms with van der Waals surface area (Å²) in [6.45, 7) is 0. The van der Waals surface area contributed by atoms with Crippen molar-refractivity contribution in [2.45, 2.75) is 6.18 Å². The van der Waals surface area contributed by atoms with Crippen LogP contribution in [-0.4, -0.2) is 6.18 Å². The van der Waals surface area contributed by atoms with Gasteiger partial charge in [0.2, 0.25) is 5.83 Å². The van der Waals surface area contributed by atoms with Crippen LogP contribution in [0.15, 0.2) is 30.1 Å². The first-order chi connectivity index (χ1) is 6.82. The molecule has 0 radical (unpaired) electrons. The SMILES string of the molecule is FC(=C(F)C(F)(F)F)c1ccc(Cl)cc1. The quantitative estimate of drug-likeness (QED) is 0.636. The summed E-state index contributed by atoms with van der Waals surface area (Å²) < 4.78 is 60.6. The third-order valence-electron chi connectivity index (χ3n) is 1.54. The van der Waals surface area contributed by atoms with Gasteiger partial charge in [0.05, 0.1) is 0 Å². The molecule has 0 bridgehead atoms. The van der Waals surface area contributed by atoms with Crippen LogP contribution in [-0.2, 0) is 0 Å². The van der Waals surface area contributed by atoms with Crippen LogP contribution < -0.4 is 0 Å². The second-order valence-corrected chi connectivity index (χ2v) is 3.07. The topological polar surface area (TPSA) is 0 Å². The maximum Gasteiger partial charge on any atom is 0.445 e. The second-order valence-electron chi connectivity index (χ2n) is 2.63. The van der Waals surface area contributed by atoms with Gasteiger partial charge >= 0.3 is 6.18 Å². The first-order valence-corrected chi connectivity index (χ1v) is 4.08. The summed E-state index contributed by atoms with van der Waals surface area (Å²) in [5.74, 6) is -4.69. The van der Waals surface area contributed by atoms with Gasteiger partial charge in [0, 0.05) is 10.6 Å². The van der Waals surface area contributed by atoms with Crippen molar-refractivity contribution in [2.75, 3.05) is 0 Å². The zero-order valence-electron chi connectivity index (χ0n) is 7.08. The average molecular weight is 243 g/mol. The van der Waals surface area contributed by atoms with Gasteiger partial charge in [0.25, 0.3) is 0 Å². The van der Waals surface area contributed by atoms with E-state index in [1.54, 1.807) is 0 Å². The maximum absolute atomic E-state index is 12.9. The van der Waals surface area contributed by atoms with Gasteiger partial charge < -0.3 is 0 Å². The predicted molar refractivity (Wildman–Crippen MR) is 46.6 cm³/mol. The molecule has 0 aliphatic heterocycles. The Balaban J connectivity index is 3.14. The van der Waals surface area contributed by atoms with Crippen LogP contribution in [0.5, 0.6) is 0 Å². The Kier molecular flexibility index (Phi) is 3.34. The van der Waals surface area contributed by atoms with E-state index >= 15 is 0 Å². The van der Waals surface area contributed by atoms with E-state index in [-0.39, 0.29) is 5.02 Å². The lowest BCUT2D eigenvalue weighted by atomic mass is 10.2. The third kappa shape index (κ3) is 2.92. The minimum atomic E-state index is -5.32. The summed E-state index contributed by atoms with van der Waals surface area (Å²) in [4.78, 5) is 0. The molecular weight excluding hydrogens is 239 g/mol. The van der Waals surface area contributed by atoms with Gasteiger partial charge in [0.1, 0.15) is 0 Å². The van der Waals surface area contributed by atoms with E-state index in [4.69, 9.17) is 11.6 Å². The van der Waals surface area contributed by atoms with Crippen LogP contribution >= 0.6 is 11.6 Å². The normalized spacial score (nSPS) is 13.7. The summed E-state index contributed by atoms with van der Waals surface area (Å²) in [5, 5.41) is 0.221. The van der Waals surface area contributed by atoms with Crippen molar-refractivity contribution in [3.05, 3.63) is 40.7 Å². The smallest absolute Gasteiger partial charge is 0.203 e. The standard InChI is InChI=1S/C9H4ClF5/c10-6-3-1-5(2-4-6)7(11)8(12)9(13,14)15/h1-4H. The van der Waals surface area contributed by atoms with E-state index < -0.39 is 23.4 Å². The van der Waals surface area contributed by atoms with Crippen LogP contribution in [0, 0.1) is 0 Å². The van der Waals surface area contributed by atoms with E-state index in [1.807, 2.05) is 0 Å². The molecule has 0 fully saturated rings. The molecule has 1 aromatic carbocycles. The fraction of sp³-hybridized carbons (Fsp3) is 0.111. The second kappa shape index (κ2) is 4.18. The first-order valence-electron chi connectivity index (χ1n) is 3.71. The number of alkyl halides is 3. The van der Waals surface area contributed by atoms with Gasteiger partial charge in [-0.2, -0.15) is 17.6 Å². The van der Waals surface area contributed by atoms with E-state index in [0.717, 1.165) is 12.1 Å². The average Bonchev–Trinajstić information content (AvgIpc) is 2.15. The van der Waals surface area contributed by atoms with Crippen molar-refractivity contribution >= 4 is 17.4 Å². The first kappa shape index (κ1) is 12.0. The van der Waals surface area contributed by atoms with Crippen LogP contribution in [0.1, 0.15) is 5.56 Å². The molecule has 0 aromatic heterocycles. The van der Waals surface area contributed by atoms with Crippen LogP contribution in [0.4, 0.5) is 22.0 Å². The van der Waals surface area contributed by atoms with Crippen molar-refractivity contribution in [3.63, 3.8) is 0 Å². The Morgan fingerprint density at radius 2 is 1.47 bits per heavy atom. The molecule has 0 N–H and O–H groups in total. The summed E-state index contributed by atoms with van der Waals surface area (Å²) >= 11 is 5.43. The minimum absolute atomic E-state index is 0.221. The third-order valence-corrected chi connectivity index (χ3v) is 1.79. The fourth-order valence-electron chi connectivity index (χ4n) is 0.847. The maximum atomic E-state index is 12.9. The molecule has 0 aliphatic rings. The highest BCUT2D eigenvalue weighted by molar-refractivity contribution is 6.30. The van der Waals surface area contributed by atoms with E-state index in [2.05, 4.69) is 0 Å². The van der Waals surface area contributed by atoms with E-state index in [1.165, 1.54) is 12.1 Å². The predicted octanol–water partition coefficient (Wildman–Crippen LogP) is 4.51. The van der Waals surface area contributed by atoms with Gasteiger partial charge in [-0.15, -0.1) is 0 Å². The molecule has 0 saturated heterocycles. The minimum Gasteiger partial charge on any atom is -0.203 e. The molecule has 0 atom stereocenters. The Morgan fingerprint density at radius 1 is 1.00 bits per heavy atom. The van der Waals surface area contributed by atoms with Crippen molar-refractivity contribution in [1.82, 2.24) is 0 Å². The molecule has 0 heterocycles. The van der Waals surface area contributed by atoms with Gasteiger partial charge in [-0.25, -0.2) is 4.39 Å². The molecule has 0 nitrogen and oxygen atoms in total. The molecule has 0 unspecified atom stereocenters. The van der Waals surface area contributed by atoms with E-state index in [0.29, 0.717) is 0 Å². The van der Waals surface area contributed by atoms with Crippen LogP contribution in [0.3, 0.4) is 0 Å². The van der Waals surface area contributed by atoms with Crippen LogP contribution in [0.25, 0.3) is 5.83 Å². The summed E-state index contributed by atoms with van der Waals surface area (Å²) in [5.41, 5.74) is -0.505. The lowest BCUT2D eigenvalue weighted by Gasteiger charge is -2.05. The number of allylic oxidation sites excluding steroid dienone is 1. The molecule has 15 heavy (non-hydrogen) atoms. The van der Waals surface area contributed by atoms with Crippen molar-refractivity contribution in [2.24, 2.45) is 0 Å². The molecule has 0 amide bonds. The van der Waals surface area contributed by atoms with Gasteiger partial charge in [-0.05, 0) is 12.1 Å². The van der Waals surface area contributed by atoms with Gasteiger partial charge in [-0.1, -0.05) is 23.7 Å². The summed E-state index contributed by atoms with van der Waals surface area (Å²) in [6.07, 6.45) is -5.32. The molecule has 0 spiro atoms. The monoisotopic (exact) mass is 242 g/mol. The molecule has 0 aliphatic carbocycles. The van der Waals surface area contributed by atoms with Gasteiger partial charge in [0.15, 0.2) is 5.83 Å². The Morgan fingerprint density at radius 3 is 1.87 bits per heavy atom. The zero-order chi connectivity index (χ0) is 11.6.